The van der Waals surface area contributed by atoms with E-state index < -0.39 is 53.8 Å². The van der Waals surface area contributed by atoms with E-state index >= 15 is 0 Å². The molecule has 1 aliphatic heterocycles. The van der Waals surface area contributed by atoms with E-state index in [-0.39, 0.29) is 34.9 Å². The fraction of sp³-hybridized carbons (Fsp3) is 0.517. The van der Waals surface area contributed by atoms with E-state index in [9.17, 15) is 29.4 Å². The van der Waals surface area contributed by atoms with Gasteiger partial charge in [0.2, 0.25) is 11.6 Å². The van der Waals surface area contributed by atoms with Gasteiger partial charge < -0.3 is 35.1 Å². The van der Waals surface area contributed by atoms with Gasteiger partial charge in [-0.2, -0.15) is 0 Å². The molecule has 40 heavy (non-hydrogen) atoms. The number of carboxylic acid groups (broad SMARTS) is 1. The molecule has 1 heterocycles. The van der Waals surface area contributed by atoms with Crippen molar-refractivity contribution in [2.45, 2.75) is 64.9 Å². The highest BCUT2D eigenvalue weighted by molar-refractivity contribution is 6.23. The Balaban J connectivity index is 2.60. The third kappa shape index (κ3) is 8.23. The summed E-state index contributed by atoms with van der Waals surface area (Å²) in [6, 6.07) is -0.787. The molecule has 0 aromatic heterocycles. The predicted octanol–water partition coefficient (Wildman–Crippen LogP) is 2.58. The number of methoxy groups -OCH3 is 3. The SMILES string of the molecule is COC1=C2C[C@@H](C)C[C@H](OC)[C@H](O)[C@@H](C)C=C(C)[C@H](NC(=O)O)[C@@H](OC)C=CC=C(C)C(=O)NC(=CC1=O)C2=O. The molecule has 220 valence electrons. The number of fused-ring (bicyclic) bond motifs is 2. The highest BCUT2D eigenvalue weighted by Gasteiger charge is 2.33. The number of hydrogen-bond donors (Lipinski definition) is 4. The smallest absolute Gasteiger partial charge is 0.405 e. The van der Waals surface area contributed by atoms with Crippen LogP contribution < -0.4 is 10.6 Å². The molecule has 2 rings (SSSR count). The van der Waals surface area contributed by atoms with Crippen molar-refractivity contribution < 1.29 is 43.6 Å². The Morgan fingerprint density at radius 3 is 2.35 bits per heavy atom. The van der Waals surface area contributed by atoms with Crippen molar-refractivity contribution in [3.8, 4) is 0 Å². The van der Waals surface area contributed by atoms with Crippen LogP contribution in [0.4, 0.5) is 4.79 Å². The third-order valence-corrected chi connectivity index (χ3v) is 7.06. The topological polar surface area (TPSA) is 160 Å². The van der Waals surface area contributed by atoms with Gasteiger partial charge in [-0.05, 0) is 32.6 Å². The quantitative estimate of drug-likeness (QED) is 0.299. The maximum atomic E-state index is 13.3. The maximum absolute atomic E-state index is 13.3. The van der Waals surface area contributed by atoms with Gasteiger partial charge in [0.25, 0.3) is 5.91 Å². The fourth-order valence-electron chi connectivity index (χ4n) is 4.86. The number of ketones is 2. The van der Waals surface area contributed by atoms with E-state index in [1.54, 1.807) is 32.1 Å². The number of amides is 2. The van der Waals surface area contributed by atoms with Crippen molar-refractivity contribution >= 4 is 23.6 Å². The molecule has 11 nitrogen and oxygen atoms in total. The molecule has 0 aromatic carbocycles. The van der Waals surface area contributed by atoms with Crippen LogP contribution in [-0.4, -0.2) is 79.5 Å². The summed E-state index contributed by atoms with van der Waals surface area (Å²) in [6.07, 6.45) is 4.30. The zero-order chi connectivity index (χ0) is 30.1. The van der Waals surface area contributed by atoms with Gasteiger partial charge in [0.15, 0.2) is 5.76 Å². The molecular formula is C29H40N2O9. The number of carbonyl (C=O) groups excluding carboxylic acids is 3. The normalized spacial score (nSPS) is 29.3. The number of ether oxygens (including phenoxy) is 3. The van der Waals surface area contributed by atoms with Crippen molar-refractivity contribution in [1.29, 1.82) is 0 Å². The Hall–Kier alpha value is -3.54. The van der Waals surface area contributed by atoms with E-state index in [1.165, 1.54) is 34.3 Å². The van der Waals surface area contributed by atoms with Gasteiger partial charge in [0.1, 0.15) is 0 Å². The molecule has 2 aliphatic rings. The summed E-state index contributed by atoms with van der Waals surface area (Å²) >= 11 is 0. The minimum Gasteiger partial charge on any atom is -0.492 e. The van der Waals surface area contributed by atoms with Crippen LogP contribution in [0.25, 0.3) is 0 Å². The number of aliphatic hydroxyl groups is 1. The fourth-order valence-corrected chi connectivity index (χ4v) is 4.86. The van der Waals surface area contributed by atoms with Crippen molar-refractivity contribution in [2.24, 2.45) is 11.8 Å². The van der Waals surface area contributed by atoms with Crippen LogP contribution in [0.15, 0.2) is 58.6 Å². The Morgan fingerprint density at radius 1 is 1.10 bits per heavy atom. The van der Waals surface area contributed by atoms with Crippen molar-refractivity contribution in [3.05, 3.63) is 58.6 Å². The first-order valence-electron chi connectivity index (χ1n) is 13.0. The zero-order valence-corrected chi connectivity index (χ0v) is 24.0. The number of nitrogens with one attached hydrogen (secondary N) is 2. The highest BCUT2D eigenvalue weighted by atomic mass is 16.5. The lowest BCUT2D eigenvalue weighted by atomic mass is 9.85. The van der Waals surface area contributed by atoms with E-state index in [0.29, 0.717) is 12.0 Å². The molecule has 0 unspecified atom stereocenters. The summed E-state index contributed by atoms with van der Waals surface area (Å²) in [5.41, 5.74) is 0.821. The van der Waals surface area contributed by atoms with Crippen molar-refractivity contribution in [1.82, 2.24) is 10.6 Å². The Bertz CT molecular complexity index is 1150. The lowest BCUT2D eigenvalue weighted by Gasteiger charge is -2.30. The maximum Gasteiger partial charge on any atom is 0.405 e. The van der Waals surface area contributed by atoms with Crippen molar-refractivity contribution in [3.63, 3.8) is 0 Å². The monoisotopic (exact) mass is 560 g/mol. The van der Waals surface area contributed by atoms with Gasteiger partial charge in [0.05, 0.1) is 37.2 Å². The largest absolute Gasteiger partial charge is 0.492 e. The number of allylic oxidation sites excluding steroid dienone is 4. The van der Waals surface area contributed by atoms with Crippen LogP contribution in [-0.2, 0) is 28.6 Å². The third-order valence-electron chi connectivity index (χ3n) is 7.06. The summed E-state index contributed by atoms with van der Waals surface area (Å²) < 4.78 is 16.4. The summed E-state index contributed by atoms with van der Waals surface area (Å²) in [6.45, 7) is 6.92. The van der Waals surface area contributed by atoms with Gasteiger partial charge in [-0.3, -0.25) is 14.4 Å². The van der Waals surface area contributed by atoms with E-state index in [0.717, 1.165) is 6.08 Å². The van der Waals surface area contributed by atoms with Gasteiger partial charge in [-0.15, -0.1) is 0 Å². The molecule has 11 heteroatoms. The first-order chi connectivity index (χ1) is 18.8. The van der Waals surface area contributed by atoms with Crippen LogP contribution >= 0.6 is 0 Å². The summed E-state index contributed by atoms with van der Waals surface area (Å²) in [7, 11) is 4.21. The average Bonchev–Trinajstić information content (AvgIpc) is 2.90. The molecule has 0 radical (unpaired) electrons. The Kier molecular flexibility index (Phi) is 12.0. The van der Waals surface area contributed by atoms with Crippen LogP contribution in [0, 0.1) is 11.8 Å². The molecule has 4 N–H and O–H groups in total. The number of aliphatic hydroxyl groups excluding tert-OH is 1. The number of carbonyl (C=O) groups is 4. The zero-order valence-electron chi connectivity index (χ0n) is 24.0. The molecule has 0 saturated heterocycles. The minimum atomic E-state index is -1.25. The lowest BCUT2D eigenvalue weighted by molar-refractivity contribution is -0.120. The summed E-state index contributed by atoms with van der Waals surface area (Å²) in [5.74, 6) is -2.41. The molecule has 0 aromatic rings. The number of Topliss-reactive ketones (excluding diaryl/α,β-unsaturated/α-hetero) is 1. The molecule has 2 amide bonds. The lowest BCUT2D eigenvalue weighted by Crippen LogP contribution is -2.44. The van der Waals surface area contributed by atoms with Crippen LogP contribution in [0.1, 0.15) is 40.5 Å². The first kappa shape index (κ1) is 32.7. The molecule has 6 atom stereocenters. The average molecular weight is 561 g/mol. The van der Waals surface area contributed by atoms with E-state index in [1.807, 2.05) is 6.92 Å². The number of hydrogen-bond acceptors (Lipinski definition) is 8. The van der Waals surface area contributed by atoms with Crippen molar-refractivity contribution in [2.75, 3.05) is 21.3 Å². The molecule has 0 saturated carbocycles. The second-order valence-corrected chi connectivity index (χ2v) is 10.2. The van der Waals surface area contributed by atoms with Crippen LogP contribution in [0.5, 0.6) is 0 Å². The second kappa shape index (κ2) is 14.7. The van der Waals surface area contributed by atoms with Gasteiger partial charge in [-0.25, -0.2) is 4.79 Å². The minimum absolute atomic E-state index is 0.0834. The Labute approximate surface area is 234 Å². The Morgan fingerprint density at radius 2 is 1.77 bits per heavy atom. The highest BCUT2D eigenvalue weighted by Crippen LogP contribution is 2.29. The summed E-state index contributed by atoms with van der Waals surface area (Å²) in [4.78, 5) is 50.5. The van der Waals surface area contributed by atoms with Gasteiger partial charge in [0, 0.05) is 37.4 Å². The van der Waals surface area contributed by atoms with Crippen LogP contribution in [0.2, 0.25) is 0 Å². The molecule has 1 aliphatic carbocycles. The molecule has 2 bridgehead atoms. The first-order valence-corrected chi connectivity index (χ1v) is 13.0. The van der Waals surface area contributed by atoms with Crippen LogP contribution in [0.3, 0.4) is 0 Å². The molecular weight excluding hydrogens is 520 g/mol. The molecule has 0 spiro atoms. The van der Waals surface area contributed by atoms with E-state index in [4.69, 9.17) is 14.2 Å². The number of rotatable bonds is 4. The summed E-state index contributed by atoms with van der Waals surface area (Å²) in [5, 5.41) is 25.6. The molecule has 0 fully saturated rings. The predicted molar refractivity (Wildman–Crippen MR) is 147 cm³/mol. The van der Waals surface area contributed by atoms with E-state index in [2.05, 4.69) is 10.6 Å². The standard InChI is InChI=1S/C29H40N2O9/c1-15-11-19-26(34)20(14-21(32)27(19)40-7)30-28(35)16(2)9-8-10-22(38-5)24(31-29(36)37)17(3)13-18(4)25(33)23(12-15)39-6/h8-10,13-15,18,22-25,31,33H,11-12H2,1-7H3,(H,30,35)(H,36,37)/t15-,18+,22+,23+,24+,25-/m1/s1. The second-order valence-electron chi connectivity index (χ2n) is 10.2. The van der Waals surface area contributed by atoms with Gasteiger partial charge in [-0.1, -0.05) is 43.7 Å². The van der Waals surface area contributed by atoms with Gasteiger partial charge >= 0.3 is 6.09 Å².